The molecule has 0 aromatic carbocycles. The molecule has 4 heterocycles. The van der Waals surface area contributed by atoms with E-state index in [1.165, 1.54) is 0 Å². The topological polar surface area (TPSA) is 75.0 Å². The Labute approximate surface area is 145 Å². The normalized spacial score (nSPS) is 19.3. The van der Waals surface area contributed by atoms with Crippen molar-refractivity contribution in [2.24, 2.45) is 0 Å². The molecule has 24 heavy (non-hydrogen) atoms. The highest BCUT2D eigenvalue weighted by Crippen LogP contribution is 2.32. The van der Waals surface area contributed by atoms with Crippen molar-refractivity contribution < 1.29 is 0 Å². The van der Waals surface area contributed by atoms with Gasteiger partial charge in [0.25, 0.3) is 0 Å². The molecule has 1 aliphatic rings. The van der Waals surface area contributed by atoms with Gasteiger partial charge >= 0.3 is 0 Å². The molecule has 0 aliphatic carbocycles. The van der Waals surface area contributed by atoms with Gasteiger partial charge in [0.2, 0.25) is 10.1 Å². The predicted molar refractivity (Wildman–Crippen MR) is 94.9 cm³/mol. The zero-order chi connectivity index (χ0) is 16.9. The lowest BCUT2D eigenvalue weighted by Gasteiger charge is -2.30. The van der Waals surface area contributed by atoms with E-state index < -0.39 is 0 Å². The second kappa shape index (κ2) is 5.54. The van der Waals surface area contributed by atoms with Gasteiger partial charge in [0.05, 0.1) is 11.9 Å². The standard InChI is InChI=1S/C16H23N7S/c1-10-17-13(20-19-10)11-6-5-7-22(8-11)15-21-23-9-12(16(2,3)4)18-14(23)24-15/h9,11H,5-8H2,1-4H3,(H,17,19,20). The Hall–Kier alpha value is -1.96. The molecule has 1 fully saturated rings. The smallest absolute Gasteiger partial charge is 0.214 e. The fraction of sp³-hybridized carbons (Fsp3) is 0.625. The van der Waals surface area contributed by atoms with E-state index in [2.05, 4.69) is 47.0 Å². The Balaban J connectivity index is 1.56. The van der Waals surface area contributed by atoms with Gasteiger partial charge in [-0.3, -0.25) is 5.10 Å². The number of aromatic nitrogens is 6. The first-order chi connectivity index (χ1) is 11.4. The van der Waals surface area contributed by atoms with Gasteiger partial charge in [0, 0.05) is 24.4 Å². The molecule has 3 aromatic rings. The van der Waals surface area contributed by atoms with Crippen LogP contribution < -0.4 is 4.90 Å². The average Bonchev–Trinajstić information content (AvgIpc) is 3.20. The Kier molecular flexibility index (Phi) is 3.59. The number of piperidine rings is 1. The molecular weight excluding hydrogens is 322 g/mol. The van der Waals surface area contributed by atoms with Crippen LogP contribution in [0.3, 0.4) is 0 Å². The highest BCUT2D eigenvalue weighted by atomic mass is 32.1. The number of hydrogen-bond donors (Lipinski definition) is 1. The van der Waals surface area contributed by atoms with Crippen LogP contribution in [0.15, 0.2) is 6.20 Å². The second-order valence-electron chi connectivity index (χ2n) is 7.55. The van der Waals surface area contributed by atoms with Crippen LogP contribution in [-0.4, -0.2) is 42.9 Å². The number of hydrogen-bond acceptors (Lipinski definition) is 6. The zero-order valence-electron chi connectivity index (χ0n) is 14.6. The quantitative estimate of drug-likeness (QED) is 0.773. The SMILES string of the molecule is Cc1nc(C2CCCN(c3nn4cc(C(C)(C)C)nc4s3)C2)n[nH]1. The zero-order valence-corrected chi connectivity index (χ0v) is 15.4. The first-order valence-electron chi connectivity index (χ1n) is 8.41. The van der Waals surface area contributed by atoms with Crippen LogP contribution in [0.25, 0.3) is 4.96 Å². The minimum atomic E-state index is 0.0489. The van der Waals surface area contributed by atoms with Crippen LogP contribution >= 0.6 is 11.3 Å². The van der Waals surface area contributed by atoms with Crippen molar-refractivity contribution in [3.05, 3.63) is 23.5 Å². The summed E-state index contributed by atoms with van der Waals surface area (Å²) in [5, 5.41) is 13.1. The van der Waals surface area contributed by atoms with E-state index in [0.29, 0.717) is 5.92 Å². The number of aromatic amines is 1. The van der Waals surface area contributed by atoms with Crippen LogP contribution in [0.1, 0.15) is 56.9 Å². The summed E-state index contributed by atoms with van der Waals surface area (Å²) in [5.41, 5.74) is 1.13. The number of imidazole rings is 1. The predicted octanol–water partition coefficient (Wildman–Crippen LogP) is 2.90. The molecule has 0 radical (unpaired) electrons. The van der Waals surface area contributed by atoms with E-state index in [1.807, 2.05) is 11.4 Å². The molecule has 1 N–H and O–H groups in total. The van der Waals surface area contributed by atoms with Crippen molar-refractivity contribution >= 4 is 21.4 Å². The molecule has 7 nitrogen and oxygen atoms in total. The van der Waals surface area contributed by atoms with Crippen LogP contribution in [0, 0.1) is 6.92 Å². The number of aryl methyl sites for hydroxylation is 1. The van der Waals surface area contributed by atoms with Gasteiger partial charge in [-0.15, -0.1) is 5.10 Å². The number of nitrogens with one attached hydrogen (secondary N) is 1. The summed E-state index contributed by atoms with van der Waals surface area (Å²) in [6.07, 6.45) is 4.31. The molecule has 1 saturated heterocycles. The Bertz CT molecular complexity index is 822. The van der Waals surface area contributed by atoms with Gasteiger partial charge in [0.15, 0.2) is 5.82 Å². The van der Waals surface area contributed by atoms with Gasteiger partial charge < -0.3 is 4.90 Å². The molecule has 1 unspecified atom stereocenters. The van der Waals surface area contributed by atoms with E-state index >= 15 is 0 Å². The van der Waals surface area contributed by atoms with Crippen molar-refractivity contribution in [1.82, 2.24) is 29.8 Å². The van der Waals surface area contributed by atoms with Crippen molar-refractivity contribution in [3.63, 3.8) is 0 Å². The number of H-pyrrole nitrogens is 1. The van der Waals surface area contributed by atoms with Crippen molar-refractivity contribution in [2.75, 3.05) is 18.0 Å². The Morgan fingerprint density at radius 2 is 2.12 bits per heavy atom. The van der Waals surface area contributed by atoms with Crippen molar-refractivity contribution in [3.8, 4) is 0 Å². The van der Waals surface area contributed by atoms with E-state index in [1.54, 1.807) is 11.3 Å². The lowest BCUT2D eigenvalue weighted by atomic mass is 9.93. The average molecular weight is 345 g/mol. The van der Waals surface area contributed by atoms with Gasteiger partial charge in [-0.1, -0.05) is 32.1 Å². The van der Waals surface area contributed by atoms with Gasteiger partial charge in [0.1, 0.15) is 5.82 Å². The third-order valence-electron chi connectivity index (χ3n) is 4.47. The summed E-state index contributed by atoms with van der Waals surface area (Å²) in [6.45, 7) is 10.4. The number of fused-ring (bicyclic) bond motifs is 1. The molecule has 1 aliphatic heterocycles. The van der Waals surface area contributed by atoms with E-state index in [9.17, 15) is 0 Å². The maximum atomic E-state index is 4.75. The molecule has 0 saturated carbocycles. The van der Waals surface area contributed by atoms with Crippen LogP contribution in [-0.2, 0) is 5.41 Å². The van der Waals surface area contributed by atoms with Crippen molar-refractivity contribution in [2.45, 2.75) is 51.9 Å². The van der Waals surface area contributed by atoms with E-state index in [0.717, 1.165) is 53.4 Å². The second-order valence-corrected chi connectivity index (χ2v) is 8.49. The monoisotopic (exact) mass is 345 g/mol. The Morgan fingerprint density at radius 3 is 2.79 bits per heavy atom. The molecule has 0 spiro atoms. The van der Waals surface area contributed by atoms with Gasteiger partial charge in [-0.25, -0.2) is 14.5 Å². The van der Waals surface area contributed by atoms with E-state index in [-0.39, 0.29) is 5.41 Å². The minimum absolute atomic E-state index is 0.0489. The summed E-state index contributed by atoms with van der Waals surface area (Å²) in [6, 6.07) is 0. The summed E-state index contributed by atoms with van der Waals surface area (Å²) >= 11 is 1.66. The van der Waals surface area contributed by atoms with Gasteiger partial charge in [-0.2, -0.15) is 5.10 Å². The first kappa shape index (κ1) is 15.6. The summed E-state index contributed by atoms with van der Waals surface area (Å²) < 4.78 is 1.92. The minimum Gasteiger partial charge on any atom is -0.346 e. The molecule has 8 heteroatoms. The lowest BCUT2D eigenvalue weighted by molar-refractivity contribution is 0.490. The first-order valence-corrected chi connectivity index (χ1v) is 9.22. The summed E-state index contributed by atoms with van der Waals surface area (Å²) in [7, 11) is 0. The molecule has 1 atom stereocenters. The molecular formula is C16H23N7S. The highest BCUT2D eigenvalue weighted by molar-refractivity contribution is 7.20. The molecule has 4 rings (SSSR count). The highest BCUT2D eigenvalue weighted by Gasteiger charge is 2.27. The number of anilines is 1. The van der Waals surface area contributed by atoms with Gasteiger partial charge in [-0.05, 0) is 19.8 Å². The summed E-state index contributed by atoms with van der Waals surface area (Å²) in [5.74, 6) is 2.17. The van der Waals surface area contributed by atoms with E-state index in [4.69, 9.17) is 10.1 Å². The van der Waals surface area contributed by atoms with Crippen LogP contribution in [0.4, 0.5) is 5.13 Å². The number of nitrogens with zero attached hydrogens (tertiary/aromatic N) is 6. The fourth-order valence-electron chi connectivity index (χ4n) is 3.08. The fourth-order valence-corrected chi connectivity index (χ4v) is 4.00. The molecule has 3 aromatic heterocycles. The maximum Gasteiger partial charge on any atom is 0.214 e. The third kappa shape index (κ3) is 2.79. The summed E-state index contributed by atoms with van der Waals surface area (Å²) in [4.78, 5) is 12.6. The third-order valence-corrected chi connectivity index (χ3v) is 5.46. The lowest BCUT2D eigenvalue weighted by Crippen LogP contribution is -2.34. The van der Waals surface area contributed by atoms with Crippen LogP contribution in [0.5, 0.6) is 0 Å². The maximum absolute atomic E-state index is 4.75. The molecule has 0 bridgehead atoms. The molecule has 0 amide bonds. The molecule has 128 valence electrons. The largest absolute Gasteiger partial charge is 0.346 e. The Morgan fingerprint density at radius 1 is 1.29 bits per heavy atom. The van der Waals surface area contributed by atoms with Crippen LogP contribution in [0.2, 0.25) is 0 Å². The number of rotatable bonds is 2. The van der Waals surface area contributed by atoms with Crippen molar-refractivity contribution in [1.29, 1.82) is 0 Å².